The van der Waals surface area contributed by atoms with Gasteiger partial charge in [-0.25, -0.2) is 0 Å². The fraction of sp³-hybridized carbons (Fsp3) is 0.625. The molecular formula is C8H15N3O. The van der Waals surface area contributed by atoms with Gasteiger partial charge in [0.1, 0.15) is 0 Å². The fourth-order valence-electron chi connectivity index (χ4n) is 1.21. The van der Waals surface area contributed by atoms with Gasteiger partial charge in [0.15, 0.2) is 0 Å². The zero-order valence-corrected chi connectivity index (χ0v) is 7.74. The summed E-state index contributed by atoms with van der Waals surface area (Å²) in [7, 11) is 5.53. The lowest BCUT2D eigenvalue weighted by Gasteiger charge is -2.14. The van der Waals surface area contributed by atoms with Crippen LogP contribution < -0.4 is 5.32 Å². The number of hydrogen-bond acceptors (Lipinski definition) is 3. The third-order valence-electron chi connectivity index (χ3n) is 1.90. The lowest BCUT2D eigenvalue weighted by Crippen LogP contribution is -2.23. The Morgan fingerprint density at radius 3 is 2.92 bits per heavy atom. The molecule has 0 aliphatic heterocycles. The molecule has 0 amide bonds. The molecular weight excluding hydrogens is 154 g/mol. The molecule has 0 saturated carbocycles. The van der Waals surface area contributed by atoms with E-state index >= 15 is 0 Å². The molecule has 0 fully saturated rings. The first-order chi connectivity index (χ1) is 5.79. The summed E-state index contributed by atoms with van der Waals surface area (Å²) in [6.45, 7) is 0.663. The molecule has 4 heteroatoms. The monoisotopic (exact) mass is 169 g/mol. The molecule has 0 aliphatic rings. The second-order valence-corrected chi connectivity index (χ2v) is 2.68. The maximum atomic E-state index is 5.07. The Balaban J connectivity index is 2.72. The summed E-state index contributed by atoms with van der Waals surface area (Å²) in [6.07, 6.45) is 1.79. The van der Waals surface area contributed by atoms with Crippen LogP contribution in [-0.4, -0.2) is 30.5 Å². The highest BCUT2D eigenvalue weighted by atomic mass is 16.5. The predicted octanol–water partition coefficient (Wildman–Crippen LogP) is 0.327. The molecule has 0 radical (unpaired) electrons. The zero-order chi connectivity index (χ0) is 8.97. The van der Waals surface area contributed by atoms with Crippen LogP contribution in [0, 0.1) is 0 Å². The average Bonchev–Trinajstić information content (AvgIpc) is 2.47. The molecule has 1 unspecified atom stereocenters. The van der Waals surface area contributed by atoms with Gasteiger partial charge in [0.05, 0.1) is 18.3 Å². The van der Waals surface area contributed by atoms with Crippen LogP contribution >= 0.6 is 0 Å². The molecule has 0 aliphatic carbocycles. The summed E-state index contributed by atoms with van der Waals surface area (Å²) in [4.78, 5) is 0. The van der Waals surface area contributed by atoms with Crippen molar-refractivity contribution in [2.45, 2.75) is 6.04 Å². The average molecular weight is 169 g/mol. The molecule has 1 heterocycles. The van der Waals surface area contributed by atoms with Gasteiger partial charge in [0, 0.05) is 20.4 Å². The molecule has 1 aromatic heterocycles. The minimum absolute atomic E-state index is 0.225. The Morgan fingerprint density at radius 1 is 1.75 bits per heavy atom. The first-order valence-electron chi connectivity index (χ1n) is 3.93. The van der Waals surface area contributed by atoms with Crippen LogP contribution in [0.5, 0.6) is 0 Å². The number of ether oxygens (including phenoxy) is 1. The maximum absolute atomic E-state index is 5.07. The number of hydrogen-bond donors (Lipinski definition) is 1. The van der Waals surface area contributed by atoms with E-state index in [1.54, 1.807) is 13.3 Å². The highest BCUT2D eigenvalue weighted by molar-refractivity contribution is 5.06. The van der Waals surface area contributed by atoms with E-state index in [2.05, 4.69) is 10.4 Å². The standard InChI is InChI=1S/C8H15N3O/c1-9-7(6-12-3)8-4-5-10-11(8)2/h4-5,7,9H,6H2,1-3H3. The highest BCUT2D eigenvalue weighted by Crippen LogP contribution is 2.10. The van der Waals surface area contributed by atoms with E-state index in [9.17, 15) is 0 Å². The van der Waals surface area contributed by atoms with Crippen molar-refractivity contribution in [1.29, 1.82) is 0 Å². The van der Waals surface area contributed by atoms with Crippen LogP contribution in [0.4, 0.5) is 0 Å². The first kappa shape index (κ1) is 9.22. The van der Waals surface area contributed by atoms with Gasteiger partial charge in [-0.15, -0.1) is 0 Å². The lowest BCUT2D eigenvalue weighted by atomic mass is 10.2. The van der Waals surface area contributed by atoms with Crippen LogP contribution in [0.1, 0.15) is 11.7 Å². The van der Waals surface area contributed by atoms with Crippen molar-refractivity contribution in [3.05, 3.63) is 18.0 Å². The van der Waals surface area contributed by atoms with Crippen molar-refractivity contribution >= 4 is 0 Å². The normalized spacial score (nSPS) is 13.2. The number of rotatable bonds is 4. The zero-order valence-electron chi connectivity index (χ0n) is 7.74. The van der Waals surface area contributed by atoms with E-state index in [1.807, 2.05) is 24.8 Å². The lowest BCUT2D eigenvalue weighted by molar-refractivity contribution is 0.167. The summed E-state index contributed by atoms with van der Waals surface area (Å²) in [5, 5.41) is 7.25. The third kappa shape index (κ3) is 1.84. The molecule has 12 heavy (non-hydrogen) atoms. The number of methoxy groups -OCH3 is 1. The minimum Gasteiger partial charge on any atom is -0.383 e. The second-order valence-electron chi connectivity index (χ2n) is 2.68. The summed E-state index contributed by atoms with van der Waals surface area (Å²) < 4.78 is 6.92. The summed E-state index contributed by atoms with van der Waals surface area (Å²) >= 11 is 0. The number of aryl methyl sites for hydroxylation is 1. The highest BCUT2D eigenvalue weighted by Gasteiger charge is 2.11. The van der Waals surface area contributed by atoms with E-state index in [-0.39, 0.29) is 6.04 Å². The van der Waals surface area contributed by atoms with Gasteiger partial charge in [-0.3, -0.25) is 4.68 Å². The van der Waals surface area contributed by atoms with Crippen molar-refractivity contribution in [3.63, 3.8) is 0 Å². The van der Waals surface area contributed by atoms with Crippen molar-refractivity contribution in [2.75, 3.05) is 20.8 Å². The van der Waals surface area contributed by atoms with Gasteiger partial charge in [0.2, 0.25) is 0 Å². The van der Waals surface area contributed by atoms with Crippen molar-refractivity contribution in [1.82, 2.24) is 15.1 Å². The van der Waals surface area contributed by atoms with Crippen LogP contribution in [0.3, 0.4) is 0 Å². The molecule has 0 spiro atoms. The Hall–Kier alpha value is -0.870. The van der Waals surface area contributed by atoms with Crippen LogP contribution in [0.15, 0.2) is 12.3 Å². The summed E-state index contributed by atoms with van der Waals surface area (Å²) in [5.41, 5.74) is 1.14. The number of likely N-dealkylation sites (N-methyl/N-ethyl adjacent to an activating group) is 1. The Bertz CT molecular complexity index is 234. The van der Waals surface area contributed by atoms with E-state index in [1.165, 1.54) is 0 Å². The van der Waals surface area contributed by atoms with Gasteiger partial charge in [-0.2, -0.15) is 5.10 Å². The van der Waals surface area contributed by atoms with E-state index < -0.39 is 0 Å². The fourth-order valence-corrected chi connectivity index (χ4v) is 1.21. The predicted molar refractivity (Wildman–Crippen MR) is 46.9 cm³/mol. The number of nitrogens with one attached hydrogen (secondary N) is 1. The molecule has 4 nitrogen and oxygen atoms in total. The van der Waals surface area contributed by atoms with Crippen molar-refractivity contribution < 1.29 is 4.74 Å². The van der Waals surface area contributed by atoms with E-state index in [4.69, 9.17) is 4.74 Å². The van der Waals surface area contributed by atoms with Crippen molar-refractivity contribution in [3.8, 4) is 0 Å². The smallest absolute Gasteiger partial charge is 0.0726 e. The van der Waals surface area contributed by atoms with Gasteiger partial charge >= 0.3 is 0 Å². The first-order valence-corrected chi connectivity index (χ1v) is 3.93. The number of nitrogens with zero attached hydrogens (tertiary/aromatic N) is 2. The van der Waals surface area contributed by atoms with Gasteiger partial charge in [-0.05, 0) is 13.1 Å². The van der Waals surface area contributed by atoms with Crippen molar-refractivity contribution in [2.24, 2.45) is 7.05 Å². The molecule has 0 saturated heterocycles. The summed E-state index contributed by atoms with van der Waals surface area (Å²) in [5.74, 6) is 0. The van der Waals surface area contributed by atoms with E-state index in [0.29, 0.717) is 6.61 Å². The van der Waals surface area contributed by atoms with Gasteiger partial charge < -0.3 is 10.1 Å². The SMILES string of the molecule is CNC(COC)c1ccnn1C. The maximum Gasteiger partial charge on any atom is 0.0726 e. The van der Waals surface area contributed by atoms with Crippen LogP contribution in [0.25, 0.3) is 0 Å². The quantitative estimate of drug-likeness (QED) is 0.706. The number of aromatic nitrogens is 2. The Kier molecular flexibility index (Phi) is 3.25. The topological polar surface area (TPSA) is 39.1 Å². The summed E-state index contributed by atoms with van der Waals surface area (Å²) in [6, 6.07) is 2.21. The minimum atomic E-state index is 0.225. The molecule has 68 valence electrons. The van der Waals surface area contributed by atoms with Gasteiger partial charge in [0.25, 0.3) is 0 Å². The van der Waals surface area contributed by atoms with Crippen LogP contribution in [-0.2, 0) is 11.8 Å². The Morgan fingerprint density at radius 2 is 2.50 bits per heavy atom. The second kappa shape index (κ2) is 4.23. The molecule has 0 bridgehead atoms. The van der Waals surface area contributed by atoms with Gasteiger partial charge in [-0.1, -0.05) is 0 Å². The molecule has 1 atom stereocenters. The largest absolute Gasteiger partial charge is 0.383 e. The van der Waals surface area contributed by atoms with E-state index in [0.717, 1.165) is 5.69 Å². The molecule has 1 rings (SSSR count). The van der Waals surface area contributed by atoms with Crippen LogP contribution in [0.2, 0.25) is 0 Å². The molecule has 0 aromatic carbocycles. The Labute approximate surface area is 72.5 Å². The third-order valence-corrected chi connectivity index (χ3v) is 1.90. The molecule has 1 aromatic rings. The molecule has 1 N–H and O–H groups in total.